The number of oxazole rings is 1. The Morgan fingerprint density at radius 3 is 2.94 bits per heavy atom. The van der Waals surface area contributed by atoms with Crippen molar-refractivity contribution in [2.45, 2.75) is 26.4 Å². The van der Waals surface area contributed by atoms with E-state index in [4.69, 9.17) is 13.9 Å². The molecule has 2 aromatic heterocycles. The maximum absolute atomic E-state index is 12.1. The number of hydrogen-bond acceptors (Lipinski definition) is 6. The summed E-state index contributed by atoms with van der Waals surface area (Å²) in [5, 5.41) is 3.98. The molecule has 2 aromatic carbocycles. The molecule has 1 aliphatic heterocycles. The minimum Gasteiger partial charge on any atom is -0.454 e. The Kier molecular flexibility index (Phi) is 5.99. The standard InChI is InChI=1S/C25H26N4O4/c1-2-26-25(30)21-15-31-24(28-21)14-29(13-17-7-8-22-23(11-17)33-16-32-22)10-9-18-12-27-20-6-4-3-5-19(18)20/h3-8,11-12,15,27H,2,9-10,13-14,16H2,1H3,(H,26,30). The molecule has 8 heteroatoms. The molecule has 0 fully saturated rings. The lowest BCUT2D eigenvalue weighted by Crippen LogP contribution is -2.26. The van der Waals surface area contributed by atoms with Crippen LogP contribution in [-0.4, -0.2) is 40.7 Å². The number of nitrogens with one attached hydrogen (secondary N) is 2. The molecular weight excluding hydrogens is 420 g/mol. The average molecular weight is 447 g/mol. The maximum Gasteiger partial charge on any atom is 0.273 e. The molecule has 0 spiro atoms. The Balaban J connectivity index is 1.34. The number of carbonyl (C=O) groups is 1. The van der Waals surface area contributed by atoms with Crippen molar-refractivity contribution in [3.8, 4) is 11.5 Å². The van der Waals surface area contributed by atoms with Gasteiger partial charge in [-0.2, -0.15) is 0 Å². The predicted octanol–water partition coefficient (Wildman–Crippen LogP) is 3.88. The number of nitrogens with zero attached hydrogens (tertiary/aromatic N) is 2. The Morgan fingerprint density at radius 1 is 1.15 bits per heavy atom. The van der Waals surface area contributed by atoms with Gasteiger partial charge in [-0.3, -0.25) is 9.69 Å². The van der Waals surface area contributed by atoms with Crippen molar-refractivity contribution in [3.63, 3.8) is 0 Å². The molecule has 33 heavy (non-hydrogen) atoms. The van der Waals surface area contributed by atoms with E-state index in [1.165, 1.54) is 17.2 Å². The minimum atomic E-state index is -0.228. The minimum absolute atomic E-state index is 0.228. The predicted molar refractivity (Wildman–Crippen MR) is 123 cm³/mol. The van der Waals surface area contributed by atoms with E-state index in [-0.39, 0.29) is 12.7 Å². The molecule has 0 radical (unpaired) electrons. The molecule has 8 nitrogen and oxygen atoms in total. The van der Waals surface area contributed by atoms with Gasteiger partial charge < -0.3 is 24.2 Å². The van der Waals surface area contributed by atoms with E-state index in [1.54, 1.807) is 0 Å². The van der Waals surface area contributed by atoms with E-state index in [2.05, 4.69) is 44.6 Å². The summed E-state index contributed by atoms with van der Waals surface area (Å²) in [5.74, 6) is 1.81. The van der Waals surface area contributed by atoms with Crippen LogP contribution in [0.15, 0.2) is 59.3 Å². The molecule has 4 aromatic rings. The first kappa shape index (κ1) is 21.1. The Morgan fingerprint density at radius 2 is 2.03 bits per heavy atom. The SMILES string of the molecule is CCNC(=O)c1coc(CN(CCc2c[nH]c3ccccc23)Cc2ccc3c(c2)OCO3)n1. The highest BCUT2D eigenvalue weighted by atomic mass is 16.7. The number of H-pyrrole nitrogens is 1. The van der Waals surface area contributed by atoms with Crippen LogP contribution in [0.4, 0.5) is 0 Å². The fraction of sp³-hybridized carbons (Fsp3) is 0.280. The van der Waals surface area contributed by atoms with Crippen LogP contribution in [0.5, 0.6) is 11.5 Å². The second-order valence-electron chi connectivity index (χ2n) is 7.99. The molecule has 5 rings (SSSR count). The summed E-state index contributed by atoms with van der Waals surface area (Å²) < 4.78 is 16.6. The lowest BCUT2D eigenvalue weighted by molar-refractivity contribution is 0.0950. The van der Waals surface area contributed by atoms with Gasteiger partial charge in [-0.25, -0.2) is 4.98 Å². The molecule has 170 valence electrons. The smallest absolute Gasteiger partial charge is 0.273 e. The van der Waals surface area contributed by atoms with Crippen molar-refractivity contribution in [2.75, 3.05) is 19.9 Å². The normalized spacial score (nSPS) is 12.5. The number of amides is 1. The fourth-order valence-electron chi connectivity index (χ4n) is 4.06. The molecule has 0 atom stereocenters. The summed E-state index contributed by atoms with van der Waals surface area (Å²) >= 11 is 0. The first-order valence-corrected chi connectivity index (χ1v) is 11.1. The lowest BCUT2D eigenvalue weighted by Gasteiger charge is -2.21. The van der Waals surface area contributed by atoms with Gasteiger partial charge >= 0.3 is 0 Å². The van der Waals surface area contributed by atoms with Crippen LogP contribution in [0, 0.1) is 0 Å². The van der Waals surface area contributed by atoms with Gasteiger partial charge in [0, 0.05) is 36.7 Å². The Labute approximate surface area is 191 Å². The molecule has 0 bridgehead atoms. The van der Waals surface area contributed by atoms with Gasteiger partial charge in [-0.15, -0.1) is 0 Å². The van der Waals surface area contributed by atoms with Crippen LogP contribution < -0.4 is 14.8 Å². The second-order valence-corrected chi connectivity index (χ2v) is 7.99. The molecule has 0 aliphatic carbocycles. The molecule has 0 saturated carbocycles. The number of rotatable bonds is 9. The maximum atomic E-state index is 12.1. The molecule has 3 heterocycles. The molecule has 0 saturated heterocycles. The fourth-order valence-corrected chi connectivity index (χ4v) is 4.06. The number of hydrogen-bond donors (Lipinski definition) is 2. The highest BCUT2D eigenvalue weighted by Gasteiger charge is 2.18. The van der Waals surface area contributed by atoms with Crippen molar-refractivity contribution >= 4 is 16.8 Å². The van der Waals surface area contributed by atoms with Crippen molar-refractivity contribution in [3.05, 3.63) is 77.6 Å². The third kappa shape index (κ3) is 4.70. The van der Waals surface area contributed by atoms with Crippen LogP contribution in [-0.2, 0) is 19.5 Å². The third-order valence-corrected chi connectivity index (χ3v) is 5.70. The molecular formula is C25H26N4O4. The zero-order valence-corrected chi connectivity index (χ0v) is 18.5. The number of carbonyl (C=O) groups excluding carboxylic acids is 1. The van der Waals surface area contributed by atoms with Crippen LogP contribution in [0.3, 0.4) is 0 Å². The van der Waals surface area contributed by atoms with Crippen LogP contribution in [0.25, 0.3) is 10.9 Å². The van der Waals surface area contributed by atoms with Crippen molar-refractivity contribution in [2.24, 2.45) is 0 Å². The number of ether oxygens (including phenoxy) is 2. The van der Waals surface area contributed by atoms with Gasteiger partial charge in [0.1, 0.15) is 6.26 Å². The van der Waals surface area contributed by atoms with Gasteiger partial charge in [-0.1, -0.05) is 24.3 Å². The van der Waals surface area contributed by atoms with Crippen LogP contribution in [0.2, 0.25) is 0 Å². The highest BCUT2D eigenvalue weighted by Crippen LogP contribution is 2.33. The third-order valence-electron chi connectivity index (χ3n) is 5.70. The monoisotopic (exact) mass is 446 g/mol. The van der Waals surface area contributed by atoms with E-state index in [9.17, 15) is 4.79 Å². The number of aromatic nitrogens is 2. The topological polar surface area (TPSA) is 92.6 Å². The van der Waals surface area contributed by atoms with E-state index in [0.29, 0.717) is 31.2 Å². The quantitative estimate of drug-likeness (QED) is 0.405. The summed E-state index contributed by atoms with van der Waals surface area (Å²) in [5.41, 5.74) is 3.80. The van der Waals surface area contributed by atoms with E-state index in [1.807, 2.05) is 31.2 Å². The van der Waals surface area contributed by atoms with Gasteiger partial charge in [0.25, 0.3) is 5.91 Å². The van der Waals surface area contributed by atoms with Crippen molar-refractivity contribution < 1.29 is 18.7 Å². The summed E-state index contributed by atoms with van der Waals surface area (Å²) in [4.78, 5) is 22.1. The average Bonchev–Trinajstić information content (AvgIpc) is 3.57. The van der Waals surface area contributed by atoms with Crippen LogP contribution in [0.1, 0.15) is 34.4 Å². The number of fused-ring (bicyclic) bond motifs is 2. The first-order chi connectivity index (χ1) is 16.2. The largest absolute Gasteiger partial charge is 0.454 e. The lowest BCUT2D eigenvalue weighted by atomic mass is 10.1. The van der Waals surface area contributed by atoms with Gasteiger partial charge in [0.15, 0.2) is 17.2 Å². The Hall–Kier alpha value is -3.78. The van der Waals surface area contributed by atoms with Gasteiger partial charge in [0.05, 0.1) is 6.54 Å². The van der Waals surface area contributed by atoms with Crippen LogP contribution >= 0.6 is 0 Å². The summed E-state index contributed by atoms with van der Waals surface area (Å²) in [7, 11) is 0. The number of benzene rings is 2. The zero-order chi connectivity index (χ0) is 22.6. The van der Waals surface area contributed by atoms with E-state index >= 15 is 0 Å². The molecule has 2 N–H and O–H groups in total. The molecule has 1 amide bonds. The zero-order valence-electron chi connectivity index (χ0n) is 18.5. The van der Waals surface area contributed by atoms with Gasteiger partial charge in [-0.05, 0) is 42.7 Å². The Bertz CT molecular complexity index is 1260. The summed E-state index contributed by atoms with van der Waals surface area (Å²) in [6.07, 6.45) is 4.35. The number of aromatic amines is 1. The molecule has 1 aliphatic rings. The molecule has 0 unspecified atom stereocenters. The second kappa shape index (κ2) is 9.38. The first-order valence-electron chi connectivity index (χ1n) is 11.1. The highest BCUT2D eigenvalue weighted by molar-refractivity contribution is 5.91. The summed E-state index contributed by atoms with van der Waals surface area (Å²) in [6.45, 7) is 4.61. The number of para-hydroxylation sites is 1. The van der Waals surface area contributed by atoms with E-state index in [0.717, 1.165) is 35.5 Å². The van der Waals surface area contributed by atoms with Gasteiger partial charge in [0.2, 0.25) is 12.7 Å². The summed E-state index contributed by atoms with van der Waals surface area (Å²) in [6, 6.07) is 14.3. The van der Waals surface area contributed by atoms with Crippen molar-refractivity contribution in [1.82, 2.24) is 20.2 Å². The van der Waals surface area contributed by atoms with E-state index < -0.39 is 0 Å². The van der Waals surface area contributed by atoms with Crippen molar-refractivity contribution in [1.29, 1.82) is 0 Å².